The molecule has 0 radical (unpaired) electrons. The topological polar surface area (TPSA) is 419 Å². The molecule has 6 aromatic rings. The number of ether oxygens (including phenoxy) is 6. The van der Waals surface area contributed by atoms with Crippen molar-refractivity contribution in [2.75, 3.05) is 19.8 Å². The van der Waals surface area contributed by atoms with Crippen LogP contribution in [-0.2, 0) is 14.2 Å². The Kier molecular flexibility index (Phi) is 14.4. The Labute approximate surface area is 408 Å². The van der Waals surface area contributed by atoms with E-state index in [9.17, 15) is 86.2 Å². The van der Waals surface area contributed by atoms with Crippen molar-refractivity contribution in [2.45, 2.75) is 92.1 Å². The monoisotopic (exact) mass is 1020 g/mol. The van der Waals surface area contributed by atoms with Gasteiger partial charge in [-0.1, -0.05) is 0 Å². The highest BCUT2D eigenvalue weighted by Crippen LogP contribution is 2.47. The number of aliphatic hydroxyl groups excluding tert-OH is 12. The predicted octanol–water partition coefficient (Wildman–Crippen LogP) is -2.45. The average molecular weight is 1020 g/mol. The molecule has 25 heteroatoms. The first-order valence-corrected chi connectivity index (χ1v) is 22.3. The summed E-state index contributed by atoms with van der Waals surface area (Å²) in [5, 5.41) is 156. The number of phenols is 3. The molecule has 15 N–H and O–H groups in total. The normalized spacial score (nSPS) is 30.6. The lowest BCUT2D eigenvalue weighted by Gasteiger charge is -2.39. The maximum Gasteiger partial charge on any atom is 0.229 e. The minimum atomic E-state index is -1.96. The minimum Gasteiger partial charge on any atom is -0.507 e. The molecule has 0 amide bonds. The molecule has 3 aliphatic rings. The van der Waals surface area contributed by atoms with Crippen LogP contribution in [0, 0.1) is 0 Å². The van der Waals surface area contributed by atoms with Crippen molar-refractivity contribution in [3.05, 3.63) is 93.2 Å². The Morgan fingerprint density at radius 2 is 0.904 bits per heavy atom. The van der Waals surface area contributed by atoms with Crippen LogP contribution in [0.15, 0.2) is 91.2 Å². The van der Waals surface area contributed by atoms with Gasteiger partial charge in [0.05, 0.1) is 25.4 Å². The summed E-state index contributed by atoms with van der Waals surface area (Å²) >= 11 is 0. The van der Waals surface area contributed by atoms with Crippen LogP contribution in [0.2, 0.25) is 0 Å². The number of rotatable bonds is 12. The molecule has 0 unspecified atom stereocenters. The van der Waals surface area contributed by atoms with E-state index in [4.69, 9.17) is 37.3 Å². The molecule has 73 heavy (non-hydrogen) atoms. The number of fused-ring (bicyclic) bond motifs is 2. The molecule has 9 rings (SSSR count). The van der Waals surface area contributed by atoms with E-state index in [0.717, 1.165) is 30.3 Å². The van der Waals surface area contributed by atoms with Crippen LogP contribution in [0.3, 0.4) is 0 Å². The van der Waals surface area contributed by atoms with Gasteiger partial charge in [-0.05, 0) is 42.5 Å². The summed E-state index contributed by atoms with van der Waals surface area (Å²) < 4.78 is 46.2. The molecule has 0 bridgehead atoms. The number of benzene rings is 4. The first-order valence-electron chi connectivity index (χ1n) is 22.3. The third-order valence-corrected chi connectivity index (χ3v) is 12.7. The first-order chi connectivity index (χ1) is 34.8. The molecule has 0 saturated carbocycles. The fourth-order valence-corrected chi connectivity index (χ4v) is 8.73. The second kappa shape index (κ2) is 20.4. The molecule has 3 aliphatic heterocycles. The molecule has 15 atom stereocenters. The first kappa shape index (κ1) is 51.4. The van der Waals surface area contributed by atoms with E-state index in [1.165, 1.54) is 42.5 Å². The number of hydrogen-bond acceptors (Lipinski definition) is 25. The molecular formula is C48H48O25. The van der Waals surface area contributed by atoms with Gasteiger partial charge in [0.15, 0.2) is 16.4 Å². The summed E-state index contributed by atoms with van der Waals surface area (Å²) in [5.74, 6) is -3.10. The summed E-state index contributed by atoms with van der Waals surface area (Å²) in [6, 6.07) is 14.2. The van der Waals surface area contributed by atoms with Crippen LogP contribution in [0.1, 0.15) is 0 Å². The van der Waals surface area contributed by atoms with E-state index in [1.807, 2.05) is 0 Å². The number of phenolic OH excluding ortho intramolecular Hbond substituents is 3. The summed E-state index contributed by atoms with van der Waals surface area (Å²) in [6.45, 7) is -2.31. The highest BCUT2D eigenvalue weighted by Gasteiger charge is 2.47. The Hall–Kier alpha value is -6.50. The standard InChI is InChI=1S/C48H48O25/c49-13-30-36(57)39(60)42(63)46(71-30)66-18-4-1-16(2-5-18)27-12-25(56)35-23(54)10-22(53)33(45(35)69-27)20-7-17(3-6-26(20)70-48-44(65)41(62)38(59)32(15-51)73-48)28-11-24(55)34-21(52)8-19(9-29(34)68-28)67-47-43(64)40(61)37(58)31(14-50)72-47/h1-12,30-32,36-44,46-54,57-65H,13-15H2/t30-,31+,32+,36-,37-,38-,39+,40+,41+,42-,43-,44+,46-,47-,48-/m1/s1. The van der Waals surface area contributed by atoms with Crippen molar-refractivity contribution in [2.24, 2.45) is 0 Å². The van der Waals surface area contributed by atoms with Crippen molar-refractivity contribution >= 4 is 21.9 Å². The van der Waals surface area contributed by atoms with Crippen LogP contribution in [-0.4, -0.2) is 189 Å². The number of hydrogen-bond donors (Lipinski definition) is 15. The lowest BCUT2D eigenvalue weighted by molar-refractivity contribution is -0.277. The average Bonchev–Trinajstić information content (AvgIpc) is 3.36. The smallest absolute Gasteiger partial charge is 0.229 e. The maximum atomic E-state index is 13.9. The van der Waals surface area contributed by atoms with E-state index in [0.29, 0.717) is 0 Å². The van der Waals surface area contributed by atoms with Gasteiger partial charge < -0.3 is 114 Å². The van der Waals surface area contributed by atoms with E-state index >= 15 is 0 Å². The van der Waals surface area contributed by atoms with Crippen molar-refractivity contribution in [1.82, 2.24) is 0 Å². The molecule has 5 heterocycles. The minimum absolute atomic E-state index is 0.00372. The molecule has 0 spiro atoms. The van der Waals surface area contributed by atoms with Crippen molar-refractivity contribution < 1.29 is 114 Å². The van der Waals surface area contributed by atoms with Crippen LogP contribution in [0.25, 0.3) is 55.7 Å². The Bertz CT molecular complexity index is 3100. The third kappa shape index (κ3) is 9.53. The Balaban J connectivity index is 1.14. The van der Waals surface area contributed by atoms with E-state index in [2.05, 4.69) is 0 Å². The van der Waals surface area contributed by atoms with E-state index < -0.39 is 151 Å². The molecule has 390 valence electrons. The Morgan fingerprint density at radius 3 is 1.44 bits per heavy atom. The fraction of sp³-hybridized carbons (Fsp3) is 0.375. The SMILES string of the molecule is O=c1cc(-c2ccc(O[C@@H]3O[C@@H](CO)[C@@H](O)[C@H](O)[C@@H]3O)c(-c3c(O)cc(O)c4c(=O)cc(-c5ccc(O[C@@H]6O[C@H](CO)[C@@H](O)[C@H](O)[C@H]6O)cc5)oc34)c2)oc2cc(O[C@@H]3O[C@@H](CO)[C@@H](O)[C@H](O)[C@H]3O)cc(O)c12. The van der Waals surface area contributed by atoms with Crippen LogP contribution < -0.4 is 25.1 Å². The molecule has 3 fully saturated rings. The largest absolute Gasteiger partial charge is 0.507 e. The number of aliphatic hydroxyl groups is 12. The second-order valence-electron chi connectivity index (χ2n) is 17.4. The van der Waals surface area contributed by atoms with Crippen molar-refractivity contribution in [1.29, 1.82) is 0 Å². The third-order valence-electron chi connectivity index (χ3n) is 12.7. The van der Waals surface area contributed by atoms with Crippen molar-refractivity contribution in [3.63, 3.8) is 0 Å². The number of aromatic hydroxyl groups is 3. The highest BCUT2D eigenvalue weighted by molar-refractivity contribution is 6.01. The Morgan fingerprint density at radius 1 is 0.438 bits per heavy atom. The van der Waals surface area contributed by atoms with Crippen LogP contribution >= 0.6 is 0 Å². The fourth-order valence-electron chi connectivity index (χ4n) is 8.73. The summed E-state index contributed by atoms with van der Waals surface area (Å²) in [7, 11) is 0. The van der Waals surface area contributed by atoms with Gasteiger partial charge in [-0.3, -0.25) is 9.59 Å². The molecule has 3 saturated heterocycles. The molecular weight excluding hydrogens is 977 g/mol. The van der Waals surface area contributed by atoms with Gasteiger partial charge in [-0.2, -0.15) is 0 Å². The van der Waals surface area contributed by atoms with Crippen molar-refractivity contribution in [3.8, 4) is 68.3 Å². The molecule has 2 aromatic heterocycles. The van der Waals surface area contributed by atoms with Gasteiger partial charge in [0, 0.05) is 47.0 Å². The summed E-state index contributed by atoms with van der Waals surface area (Å²) in [4.78, 5) is 27.6. The van der Waals surface area contributed by atoms with E-state index in [-0.39, 0.29) is 62.0 Å². The van der Waals surface area contributed by atoms with Gasteiger partial charge in [0.25, 0.3) is 0 Å². The quantitative estimate of drug-likeness (QED) is 0.0605. The van der Waals surface area contributed by atoms with Gasteiger partial charge in [-0.25, -0.2) is 0 Å². The summed E-state index contributed by atoms with van der Waals surface area (Å²) in [6.07, 6.45) is -25.2. The zero-order valence-electron chi connectivity index (χ0n) is 37.5. The van der Waals surface area contributed by atoms with Gasteiger partial charge >= 0.3 is 0 Å². The van der Waals surface area contributed by atoms with E-state index in [1.54, 1.807) is 0 Å². The van der Waals surface area contributed by atoms with Crippen LogP contribution in [0.5, 0.6) is 34.5 Å². The van der Waals surface area contributed by atoms with Gasteiger partial charge in [0.2, 0.25) is 18.9 Å². The zero-order chi connectivity index (χ0) is 52.3. The van der Waals surface area contributed by atoms with Gasteiger partial charge in [-0.15, -0.1) is 0 Å². The van der Waals surface area contributed by atoms with Gasteiger partial charge in [0.1, 0.15) is 136 Å². The molecule has 0 aliphatic carbocycles. The second-order valence-corrected chi connectivity index (χ2v) is 17.4. The predicted molar refractivity (Wildman–Crippen MR) is 243 cm³/mol. The molecule has 25 nitrogen and oxygen atoms in total. The zero-order valence-corrected chi connectivity index (χ0v) is 37.5. The highest BCUT2D eigenvalue weighted by atomic mass is 16.7. The lowest BCUT2D eigenvalue weighted by atomic mass is 9.96. The lowest BCUT2D eigenvalue weighted by Crippen LogP contribution is -2.60. The molecule has 4 aromatic carbocycles. The maximum absolute atomic E-state index is 13.9. The summed E-state index contributed by atoms with van der Waals surface area (Å²) in [5.41, 5.74) is -2.85. The van der Waals surface area contributed by atoms with Crippen LogP contribution in [0.4, 0.5) is 0 Å².